The molecule has 0 aliphatic carbocycles. The van der Waals surface area contributed by atoms with Gasteiger partial charge in [0.25, 0.3) is 0 Å². The minimum atomic E-state index is -4.64. The van der Waals surface area contributed by atoms with E-state index in [1.807, 2.05) is 11.8 Å². The minimum Gasteiger partial charge on any atom is -0.371 e. The van der Waals surface area contributed by atoms with Gasteiger partial charge in [-0.2, -0.15) is 13.2 Å². The smallest absolute Gasteiger partial charge is 0.371 e. The SMILES string of the molecule is CSc1ccc(-c2cc3c4c(c2)[C@@H]2CNC[C@@H]2CN4CCC3)cc1.O=CC(F)(F)F. The molecular weight excluding hydrogens is 409 g/mol. The number of rotatable bonds is 2. The molecule has 5 rings (SSSR count). The molecule has 160 valence electrons. The van der Waals surface area contributed by atoms with Crippen molar-refractivity contribution in [2.75, 3.05) is 37.3 Å². The van der Waals surface area contributed by atoms with Crippen LogP contribution in [0.1, 0.15) is 23.5 Å². The second-order valence-electron chi connectivity index (χ2n) is 8.04. The maximum absolute atomic E-state index is 10.4. The van der Waals surface area contributed by atoms with Crippen molar-refractivity contribution in [3.63, 3.8) is 0 Å². The van der Waals surface area contributed by atoms with Crippen molar-refractivity contribution in [2.24, 2.45) is 5.92 Å². The zero-order valence-corrected chi connectivity index (χ0v) is 17.7. The number of hydrogen-bond donors (Lipinski definition) is 1. The Balaban J connectivity index is 0.000000322. The first kappa shape index (κ1) is 21.2. The summed E-state index contributed by atoms with van der Waals surface area (Å²) in [7, 11) is 0. The molecular formula is C23H25F3N2OS. The van der Waals surface area contributed by atoms with Gasteiger partial charge in [-0.1, -0.05) is 12.1 Å². The normalized spacial score (nSPS) is 21.9. The van der Waals surface area contributed by atoms with E-state index in [9.17, 15) is 13.2 Å². The lowest BCUT2D eigenvalue weighted by molar-refractivity contribution is -0.156. The van der Waals surface area contributed by atoms with Crippen LogP contribution in [0.15, 0.2) is 41.3 Å². The molecule has 0 bridgehead atoms. The fraction of sp³-hybridized carbons (Fsp3) is 0.435. The monoisotopic (exact) mass is 434 g/mol. The number of carbonyl (C=O) groups excluding carboxylic acids is 1. The average molecular weight is 435 g/mol. The molecule has 3 nitrogen and oxygen atoms in total. The first-order valence-electron chi connectivity index (χ1n) is 10.2. The summed E-state index contributed by atoms with van der Waals surface area (Å²) in [6, 6.07) is 14.0. The highest BCUT2D eigenvalue weighted by atomic mass is 32.2. The van der Waals surface area contributed by atoms with Gasteiger partial charge in [0.2, 0.25) is 6.29 Å². The van der Waals surface area contributed by atoms with Crippen LogP contribution in [-0.4, -0.2) is 44.9 Å². The Hall–Kier alpha value is -1.99. The van der Waals surface area contributed by atoms with Gasteiger partial charge in [0.15, 0.2) is 0 Å². The molecule has 0 spiro atoms. The van der Waals surface area contributed by atoms with Crippen LogP contribution in [0, 0.1) is 5.92 Å². The average Bonchev–Trinajstić information content (AvgIpc) is 3.22. The number of nitrogens with one attached hydrogen (secondary N) is 1. The summed E-state index contributed by atoms with van der Waals surface area (Å²) in [6.07, 6.45) is -1.03. The number of anilines is 1. The van der Waals surface area contributed by atoms with Gasteiger partial charge in [-0.15, -0.1) is 11.8 Å². The molecule has 30 heavy (non-hydrogen) atoms. The van der Waals surface area contributed by atoms with E-state index in [0.717, 1.165) is 12.5 Å². The van der Waals surface area contributed by atoms with Crippen LogP contribution in [0.2, 0.25) is 0 Å². The predicted octanol–water partition coefficient (Wildman–Crippen LogP) is 4.89. The van der Waals surface area contributed by atoms with Crippen molar-refractivity contribution in [1.29, 1.82) is 0 Å². The fourth-order valence-electron chi connectivity index (χ4n) is 4.85. The third-order valence-corrected chi connectivity index (χ3v) is 6.90. The molecule has 3 aliphatic rings. The lowest BCUT2D eigenvalue weighted by Gasteiger charge is -2.42. The van der Waals surface area contributed by atoms with E-state index in [4.69, 9.17) is 4.79 Å². The number of benzene rings is 2. The van der Waals surface area contributed by atoms with Gasteiger partial charge in [-0.05, 0) is 71.5 Å². The summed E-state index contributed by atoms with van der Waals surface area (Å²) in [5, 5.41) is 3.63. The molecule has 2 atom stereocenters. The summed E-state index contributed by atoms with van der Waals surface area (Å²) in [5.41, 5.74) is 7.53. The second kappa shape index (κ2) is 8.63. The highest BCUT2D eigenvalue weighted by Crippen LogP contribution is 2.46. The van der Waals surface area contributed by atoms with Crippen molar-refractivity contribution in [1.82, 2.24) is 5.32 Å². The Morgan fingerprint density at radius 1 is 1.13 bits per heavy atom. The predicted molar refractivity (Wildman–Crippen MR) is 115 cm³/mol. The Labute approximate surface area is 179 Å². The summed E-state index contributed by atoms with van der Waals surface area (Å²) >= 11 is 1.81. The molecule has 0 radical (unpaired) electrons. The van der Waals surface area contributed by atoms with E-state index in [0.29, 0.717) is 5.92 Å². The highest BCUT2D eigenvalue weighted by Gasteiger charge is 2.38. The summed E-state index contributed by atoms with van der Waals surface area (Å²) < 4.78 is 31.2. The topological polar surface area (TPSA) is 32.3 Å². The van der Waals surface area contributed by atoms with Gasteiger partial charge >= 0.3 is 6.18 Å². The maximum Gasteiger partial charge on any atom is 0.446 e. The van der Waals surface area contributed by atoms with Crippen molar-refractivity contribution in [3.8, 4) is 11.1 Å². The second-order valence-corrected chi connectivity index (χ2v) is 8.92. The molecule has 7 heteroatoms. The number of aldehydes is 1. The van der Waals surface area contributed by atoms with E-state index in [2.05, 4.69) is 52.9 Å². The molecule has 1 fully saturated rings. The van der Waals surface area contributed by atoms with E-state index in [1.165, 1.54) is 48.5 Å². The number of thioether (sulfide) groups is 1. The van der Waals surface area contributed by atoms with Crippen molar-refractivity contribution in [3.05, 3.63) is 47.5 Å². The summed E-state index contributed by atoms with van der Waals surface area (Å²) in [4.78, 5) is 12.7. The zero-order chi connectivity index (χ0) is 21.3. The van der Waals surface area contributed by atoms with Crippen LogP contribution >= 0.6 is 11.8 Å². The first-order chi connectivity index (χ1) is 14.4. The van der Waals surface area contributed by atoms with Gasteiger partial charge in [0.1, 0.15) is 0 Å². The summed E-state index contributed by atoms with van der Waals surface area (Å²) in [5.74, 6) is 1.50. The van der Waals surface area contributed by atoms with Crippen LogP contribution in [-0.2, 0) is 11.2 Å². The number of alkyl halides is 3. The van der Waals surface area contributed by atoms with Crippen LogP contribution in [0.25, 0.3) is 11.1 Å². The van der Waals surface area contributed by atoms with Crippen LogP contribution in [0.5, 0.6) is 0 Å². The fourth-order valence-corrected chi connectivity index (χ4v) is 5.26. The summed E-state index contributed by atoms with van der Waals surface area (Å²) in [6.45, 7) is 4.83. The zero-order valence-electron chi connectivity index (χ0n) is 16.8. The molecule has 2 aromatic rings. The molecule has 1 N–H and O–H groups in total. The van der Waals surface area contributed by atoms with E-state index < -0.39 is 12.5 Å². The van der Waals surface area contributed by atoms with Gasteiger partial charge in [0.05, 0.1) is 0 Å². The van der Waals surface area contributed by atoms with E-state index in [-0.39, 0.29) is 0 Å². The Morgan fingerprint density at radius 2 is 1.87 bits per heavy atom. The van der Waals surface area contributed by atoms with Crippen molar-refractivity contribution >= 4 is 23.7 Å². The lowest BCUT2D eigenvalue weighted by atomic mass is 9.79. The number of fused-ring (bicyclic) bond motifs is 2. The van der Waals surface area contributed by atoms with Gasteiger partial charge in [0, 0.05) is 42.7 Å². The number of hydrogen-bond acceptors (Lipinski definition) is 4. The van der Waals surface area contributed by atoms with Gasteiger partial charge in [-0.25, -0.2) is 0 Å². The van der Waals surface area contributed by atoms with Gasteiger partial charge in [-0.3, -0.25) is 4.79 Å². The molecule has 0 amide bonds. The molecule has 0 saturated carbocycles. The van der Waals surface area contributed by atoms with E-state index >= 15 is 0 Å². The van der Waals surface area contributed by atoms with E-state index in [1.54, 1.807) is 16.8 Å². The maximum atomic E-state index is 10.4. The highest BCUT2D eigenvalue weighted by molar-refractivity contribution is 7.98. The number of carbonyl (C=O) groups is 1. The molecule has 0 aromatic heterocycles. The van der Waals surface area contributed by atoms with Crippen LogP contribution < -0.4 is 10.2 Å². The minimum absolute atomic E-state index is 0.707. The molecule has 3 aliphatic heterocycles. The standard InChI is InChI=1S/C21H24N2S.C2HF3O/c1-24-18-6-4-14(5-7-18)16-9-15-3-2-8-23-13-17-11-22-12-20(17)19(10-16)21(15)23;3-2(4,5)1-6/h4-7,9-10,17,20,22H,2-3,8,11-13H2,1H3;1H/t17-,20-;/m1./s1. The third-order valence-electron chi connectivity index (χ3n) is 6.16. The molecule has 3 heterocycles. The quantitative estimate of drug-likeness (QED) is 0.539. The Morgan fingerprint density at radius 3 is 2.53 bits per heavy atom. The Kier molecular flexibility index (Phi) is 6.11. The van der Waals surface area contributed by atoms with Crippen LogP contribution in [0.4, 0.5) is 18.9 Å². The lowest BCUT2D eigenvalue weighted by Crippen LogP contribution is -2.40. The molecule has 2 aromatic carbocycles. The number of halogens is 3. The first-order valence-corrected chi connectivity index (χ1v) is 11.4. The largest absolute Gasteiger partial charge is 0.446 e. The number of aryl methyl sites for hydroxylation is 1. The Bertz CT molecular complexity index is 914. The molecule has 0 unspecified atom stereocenters. The van der Waals surface area contributed by atoms with Crippen LogP contribution in [0.3, 0.4) is 0 Å². The van der Waals surface area contributed by atoms with Gasteiger partial charge < -0.3 is 10.2 Å². The van der Waals surface area contributed by atoms with Crippen molar-refractivity contribution in [2.45, 2.75) is 29.8 Å². The third kappa shape index (κ3) is 4.37. The van der Waals surface area contributed by atoms with Crippen molar-refractivity contribution < 1.29 is 18.0 Å². The number of nitrogens with zero attached hydrogens (tertiary/aromatic N) is 1. The molecule has 1 saturated heterocycles.